The van der Waals surface area contributed by atoms with Gasteiger partial charge in [-0.1, -0.05) is 32.9 Å². The molecule has 114 valence electrons. The van der Waals surface area contributed by atoms with Crippen molar-refractivity contribution in [2.45, 2.75) is 40.3 Å². The van der Waals surface area contributed by atoms with E-state index in [-0.39, 0.29) is 0 Å². The van der Waals surface area contributed by atoms with Crippen molar-refractivity contribution in [3.05, 3.63) is 41.6 Å². The van der Waals surface area contributed by atoms with Gasteiger partial charge in [0.05, 0.1) is 0 Å². The predicted octanol–water partition coefficient (Wildman–Crippen LogP) is 2.96. The van der Waals surface area contributed by atoms with Crippen LogP contribution in [0.25, 0.3) is 0 Å². The molecule has 0 saturated heterocycles. The quantitative estimate of drug-likeness (QED) is 0.809. The van der Waals surface area contributed by atoms with Crippen LogP contribution >= 0.6 is 0 Å². The number of aryl methyl sites for hydroxylation is 1. The van der Waals surface area contributed by atoms with Crippen LogP contribution < -0.4 is 10.1 Å². The van der Waals surface area contributed by atoms with E-state index in [0.717, 1.165) is 25.3 Å². The summed E-state index contributed by atoms with van der Waals surface area (Å²) >= 11 is 0. The molecular formula is C16H23N3O2. The van der Waals surface area contributed by atoms with Gasteiger partial charge in [0.2, 0.25) is 5.89 Å². The van der Waals surface area contributed by atoms with Crippen LogP contribution in [0.3, 0.4) is 0 Å². The van der Waals surface area contributed by atoms with Crippen molar-refractivity contribution in [1.29, 1.82) is 0 Å². The molecule has 0 fully saturated rings. The first kappa shape index (κ1) is 15.5. The minimum atomic E-state index is 0.301. The van der Waals surface area contributed by atoms with E-state index in [9.17, 15) is 0 Å². The summed E-state index contributed by atoms with van der Waals surface area (Å²) in [6.45, 7) is 8.52. The summed E-state index contributed by atoms with van der Waals surface area (Å²) < 4.78 is 11.1. The summed E-state index contributed by atoms with van der Waals surface area (Å²) in [7, 11) is 0. The van der Waals surface area contributed by atoms with Crippen LogP contribution in [0.2, 0.25) is 0 Å². The van der Waals surface area contributed by atoms with Gasteiger partial charge in [-0.05, 0) is 30.2 Å². The highest BCUT2D eigenvalue weighted by atomic mass is 16.5. The van der Waals surface area contributed by atoms with Crippen molar-refractivity contribution in [2.24, 2.45) is 5.92 Å². The van der Waals surface area contributed by atoms with Gasteiger partial charge in [-0.3, -0.25) is 0 Å². The number of hydrogen-bond acceptors (Lipinski definition) is 5. The van der Waals surface area contributed by atoms with Crippen LogP contribution in [0.15, 0.2) is 28.7 Å². The van der Waals surface area contributed by atoms with E-state index < -0.39 is 0 Å². The molecular weight excluding hydrogens is 266 g/mol. The molecule has 5 heteroatoms. The molecule has 21 heavy (non-hydrogen) atoms. The molecule has 1 aromatic carbocycles. The minimum Gasteiger partial charge on any atom is -0.484 e. The lowest BCUT2D eigenvalue weighted by Gasteiger charge is -2.09. The molecule has 0 spiro atoms. The minimum absolute atomic E-state index is 0.301. The molecule has 0 unspecified atom stereocenters. The molecule has 2 aromatic rings. The maximum atomic E-state index is 5.69. The van der Waals surface area contributed by atoms with E-state index in [2.05, 4.69) is 35.4 Å². The maximum absolute atomic E-state index is 5.69. The Labute approximate surface area is 125 Å². The van der Waals surface area contributed by atoms with E-state index in [1.54, 1.807) is 0 Å². The molecule has 0 aliphatic carbocycles. The van der Waals surface area contributed by atoms with Crippen LogP contribution in [0.4, 0.5) is 0 Å². The monoisotopic (exact) mass is 289 g/mol. The third kappa shape index (κ3) is 5.19. The summed E-state index contributed by atoms with van der Waals surface area (Å²) in [6.07, 6.45) is 0.740. The van der Waals surface area contributed by atoms with Gasteiger partial charge in [-0.25, -0.2) is 0 Å². The summed E-state index contributed by atoms with van der Waals surface area (Å²) in [4.78, 5) is 0. The molecule has 5 nitrogen and oxygen atoms in total. The van der Waals surface area contributed by atoms with Crippen molar-refractivity contribution in [1.82, 2.24) is 15.5 Å². The summed E-state index contributed by atoms with van der Waals surface area (Å²) in [5, 5.41) is 11.3. The Hall–Kier alpha value is -1.88. The number of hydrogen-bond donors (Lipinski definition) is 1. The van der Waals surface area contributed by atoms with Gasteiger partial charge in [-0.15, -0.1) is 10.2 Å². The zero-order valence-electron chi connectivity index (χ0n) is 12.9. The summed E-state index contributed by atoms with van der Waals surface area (Å²) in [6, 6.07) is 8.04. The number of aromatic nitrogens is 2. The predicted molar refractivity (Wildman–Crippen MR) is 81.0 cm³/mol. The van der Waals surface area contributed by atoms with Crippen LogP contribution in [-0.4, -0.2) is 16.7 Å². The second-order valence-electron chi connectivity index (χ2n) is 5.40. The molecule has 1 N–H and O–H groups in total. The van der Waals surface area contributed by atoms with Crippen LogP contribution in [0.1, 0.15) is 38.1 Å². The molecule has 0 aliphatic rings. The zero-order chi connectivity index (χ0) is 15.1. The molecule has 1 aromatic heterocycles. The fraction of sp³-hybridized carbons (Fsp3) is 0.500. The molecule has 0 bridgehead atoms. The molecule has 2 rings (SSSR count). The van der Waals surface area contributed by atoms with Crippen molar-refractivity contribution in [2.75, 3.05) is 6.54 Å². The smallest absolute Gasteiger partial charge is 0.253 e. The lowest BCUT2D eigenvalue weighted by Crippen LogP contribution is -2.18. The van der Waals surface area contributed by atoms with Gasteiger partial charge in [-0.2, -0.15) is 0 Å². The summed E-state index contributed by atoms with van der Waals surface area (Å²) in [5.74, 6) is 2.61. The second kappa shape index (κ2) is 7.78. The van der Waals surface area contributed by atoms with Crippen molar-refractivity contribution in [3.63, 3.8) is 0 Å². The average molecular weight is 289 g/mol. The Morgan fingerprint density at radius 1 is 1.24 bits per heavy atom. The molecule has 0 aliphatic heterocycles. The van der Waals surface area contributed by atoms with Crippen LogP contribution in [0, 0.1) is 5.92 Å². The number of rotatable bonds is 8. The van der Waals surface area contributed by atoms with Gasteiger partial charge in [0.25, 0.3) is 5.89 Å². The number of nitrogens with one attached hydrogen (secondary N) is 1. The highest BCUT2D eigenvalue weighted by molar-refractivity contribution is 5.28. The molecule has 0 saturated carbocycles. The molecule has 0 radical (unpaired) electrons. The number of benzene rings is 1. The highest BCUT2D eigenvalue weighted by Crippen LogP contribution is 2.15. The average Bonchev–Trinajstić information content (AvgIpc) is 2.93. The van der Waals surface area contributed by atoms with Crippen LogP contribution in [-0.2, 0) is 19.6 Å². The number of nitrogens with zero attached hydrogens (tertiary/aromatic N) is 2. The SMILES string of the molecule is CCc1nnc(COc2cccc(CNCC(C)C)c2)o1. The topological polar surface area (TPSA) is 60.2 Å². The van der Waals surface area contributed by atoms with Gasteiger partial charge < -0.3 is 14.5 Å². The highest BCUT2D eigenvalue weighted by Gasteiger charge is 2.05. The Balaban J connectivity index is 1.85. The maximum Gasteiger partial charge on any atom is 0.253 e. The molecule has 0 atom stereocenters. The third-order valence-corrected chi connectivity index (χ3v) is 2.95. The van der Waals surface area contributed by atoms with E-state index in [0.29, 0.717) is 24.3 Å². The summed E-state index contributed by atoms with van der Waals surface area (Å²) in [5.41, 5.74) is 1.20. The van der Waals surface area contributed by atoms with E-state index in [4.69, 9.17) is 9.15 Å². The Kier molecular flexibility index (Phi) is 5.75. The molecule has 1 heterocycles. The standard InChI is InChI=1S/C16H23N3O2/c1-4-15-18-19-16(21-15)11-20-14-7-5-6-13(8-14)10-17-9-12(2)3/h5-8,12,17H,4,9-11H2,1-3H3. The van der Waals surface area contributed by atoms with Crippen molar-refractivity contribution < 1.29 is 9.15 Å². The molecule has 0 amide bonds. The van der Waals surface area contributed by atoms with Gasteiger partial charge in [0.1, 0.15) is 5.75 Å². The Morgan fingerprint density at radius 2 is 2.05 bits per heavy atom. The van der Waals surface area contributed by atoms with Gasteiger partial charge in [0.15, 0.2) is 6.61 Å². The zero-order valence-corrected chi connectivity index (χ0v) is 12.9. The first-order valence-corrected chi connectivity index (χ1v) is 7.41. The van der Waals surface area contributed by atoms with Crippen molar-refractivity contribution in [3.8, 4) is 5.75 Å². The van der Waals surface area contributed by atoms with Gasteiger partial charge in [0, 0.05) is 13.0 Å². The van der Waals surface area contributed by atoms with E-state index in [1.165, 1.54) is 5.56 Å². The first-order chi connectivity index (χ1) is 10.2. The lowest BCUT2D eigenvalue weighted by molar-refractivity contribution is 0.259. The number of ether oxygens (including phenoxy) is 1. The lowest BCUT2D eigenvalue weighted by atomic mass is 10.2. The largest absolute Gasteiger partial charge is 0.484 e. The first-order valence-electron chi connectivity index (χ1n) is 7.41. The van der Waals surface area contributed by atoms with E-state index in [1.807, 2.05) is 25.1 Å². The Morgan fingerprint density at radius 3 is 2.76 bits per heavy atom. The van der Waals surface area contributed by atoms with Crippen LogP contribution in [0.5, 0.6) is 5.75 Å². The van der Waals surface area contributed by atoms with Gasteiger partial charge >= 0.3 is 0 Å². The van der Waals surface area contributed by atoms with E-state index >= 15 is 0 Å². The van der Waals surface area contributed by atoms with Crippen molar-refractivity contribution >= 4 is 0 Å². The normalized spacial score (nSPS) is 11.0. The fourth-order valence-corrected chi connectivity index (χ4v) is 1.89. The fourth-order valence-electron chi connectivity index (χ4n) is 1.89. The Bertz CT molecular complexity index is 552. The third-order valence-electron chi connectivity index (χ3n) is 2.95. The second-order valence-corrected chi connectivity index (χ2v) is 5.40.